The zero-order chi connectivity index (χ0) is 20.5. The predicted molar refractivity (Wildman–Crippen MR) is 101 cm³/mol. The minimum absolute atomic E-state index is 0.137. The maximum absolute atomic E-state index is 12.6. The number of benzene rings is 1. The van der Waals surface area contributed by atoms with E-state index in [9.17, 15) is 14.4 Å². The van der Waals surface area contributed by atoms with Crippen LogP contribution < -0.4 is 0 Å². The molecule has 2 amide bonds. The Morgan fingerprint density at radius 1 is 1.17 bits per heavy atom. The Balaban J connectivity index is 1.38. The number of aryl methyl sites for hydroxylation is 1. The third-order valence-corrected chi connectivity index (χ3v) is 5.39. The van der Waals surface area contributed by atoms with Crippen LogP contribution in [0.1, 0.15) is 31.2 Å². The summed E-state index contributed by atoms with van der Waals surface area (Å²) >= 11 is 0. The number of carbonyl (C=O) groups is 3. The molecule has 0 bridgehead atoms. The molecule has 150 valence electrons. The highest BCUT2D eigenvalue weighted by Gasteiger charge is 2.50. The van der Waals surface area contributed by atoms with E-state index in [1.165, 1.54) is 6.92 Å². The molecule has 1 aromatic heterocycles. The van der Waals surface area contributed by atoms with Gasteiger partial charge >= 0.3 is 5.97 Å². The minimum Gasteiger partial charge on any atom is -0.454 e. The number of esters is 1. The lowest BCUT2D eigenvalue weighted by Crippen LogP contribution is -2.44. The highest BCUT2D eigenvalue weighted by Crippen LogP contribution is 2.36. The molecule has 1 saturated heterocycles. The smallest absolute Gasteiger partial charge is 0.329 e. The maximum Gasteiger partial charge on any atom is 0.329 e. The number of ether oxygens (including phenoxy) is 1. The van der Waals surface area contributed by atoms with Gasteiger partial charge in [0.2, 0.25) is 17.6 Å². The summed E-state index contributed by atoms with van der Waals surface area (Å²) in [7, 11) is 0. The van der Waals surface area contributed by atoms with Gasteiger partial charge in [-0.15, -0.1) is 0 Å². The number of amides is 2. The number of likely N-dealkylation sites (tertiary alicyclic amines) is 1. The number of nitrogens with zero attached hydrogens (tertiary/aromatic N) is 3. The number of carbonyl (C=O) groups excluding carboxylic acids is 3. The van der Waals surface area contributed by atoms with Gasteiger partial charge in [-0.1, -0.05) is 47.1 Å². The van der Waals surface area contributed by atoms with Crippen molar-refractivity contribution in [3.05, 3.63) is 47.9 Å². The van der Waals surface area contributed by atoms with E-state index in [0.717, 1.165) is 16.0 Å². The molecule has 2 heterocycles. The van der Waals surface area contributed by atoms with E-state index in [2.05, 4.69) is 10.1 Å². The zero-order valence-electron chi connectivity index (χ0n) is 16.2. The first-order chi connectivity index (χ1) is 14.0. The molecule has 1 aromatic carbocycles. The van der Waals surface area contributed by atoms with Gasteiger partial charge in [-0.2, -0.15) is 4.98 Å². The van der Waals surface area contributed by atoms with Crippen LogP contribution in [-0.4, -0.2) is 38.9 Å². The number of allylic oxidation sites excluding steroid dienone is 2. The van der Waals surface area contributed by atoms with Crippen molar-refractivity contribution in [3.8, 4) is 11.4 Å². The second-order valence-corrected chi connectivity index (χ2v) is 7.36. The minimum atomic E-state index is -1.000. The van der Waals surface area contributed by atoms with Crippen LogP contribution in [0.4, 0.5) is 0 Å². The van der Waals surface area contributed by atoms with E-state index >= 15 is 0 Å². The van der Waals surface area contributed by atoms with E-state index < -0.39 is 12.0 Å². The molecule has 2 aromatic rings. The standard InChI is InChI=1S/C21H21N3O5/c1-12-7-9-14(10-8-12)18-22-17(29-23-18)11-28-21(27)13(2)24-19(25)15-5-3-4-6-16(15)20(24)26/h3-4,7-10,13,15-16H,5-6,11H2,1-2H3/t13-,15-,16+/m1/s1. The number of imide groups is 1. The summed E-state index contributed by atoms with van der Waals surface area (Å²) < 4.78 is 10.4. The molecule has 29 heavy (non-hydrogen) atoms. The third-order valence-electron chi connectivity index (χ3n) is 5.39. The summed E-state index contributed by atoms with van der Waals surface area (Å²) in [6, 6.07) is 6.61. The molecule has 0 spiro atoms. The van der Waals surface area contributed by atoms with Crippen LogP contribution in [0.15, 0.2) is 40.9 Å². The summed E-state index contributed by atoms with van der Waals surface area (Å²) in [5, 5.41) is 3.89. The van der Waals surface area contributed by atoms with Crippen molar-refractivity contribution >= 4 is 17.8 Å². The van der Waals surface area contributed by atoms with Crippen molar-refractivity contribution in [2.75, 3.05) is 0 Å². The molecule has 2 aliphatic rings. The second kappa shape index (κ2) is 7.62. The van der Waals surface area contributed by atoms with Crippen LogP contribution in [0.25, 0.3) is 11.4 Å². The number of rotatable bonds is 5. The molecule has 0 saturated carbocycles. The van der Waals surface area contributed by atoms with Gasteiger partial charge in [-0.25, -0.2) is 4.79 Å². The van der Waals surface area contributed by atoms with Crippen LogP contribution in [0, 0.1) is 18.8 Å². The van der Waals surface area contributed by atoms with Gasteiger partial charge in [0.15, 0.2) is 6.61 Å². The Hall–Kier alpha value is -3.29. The summed E-state index contributed by atoms with van der Waals surface area (Å²) in [5.41, 5.74) is 1.90. The first-order valence-electron chi connectivity index (χ1n) is 9.54. The fourth-order valence-corrected chi connectivity index (χ4v) is 3.70. The fourth-order valence-electron chi connectivity index (χ4n) is 3.70. The summed E-state index contributed by atoms with van der Waals surface area (Å²) in [6.45, 7) is 3.24. The number of fused-ring (bicyclic) bond motifs is 1. The molecule has 1 aliphatic carbocycles. The van der Waals surface area contributed by atoms with Crippen LogP contribution in [0.2, 0.25) is 0 Å². The molecular weight excluding hydrogens is 374 g/mol. The number of aromatic nitrogens is 2. The first kappa shape index (κ1) is 19.0. The van der Waals surface area contributed by atoms with Crippen molar-refractivity contribution in [1.82, 2.24) is 15.0 Å². The van der Waals surface area contributed by atoms with Gasteiger partial charge in [-0.05, 0) is 26.7 Å². The highest BCUT2D eigenvalue weighted by molar-refractivity contribution is 6.08. The van der Waals surface area contributed by atoms with E-state index in [4.69, 9.17) is 9.26 Å². The van der Waals surface area contributed by atoms with E-state index in [1.54, 1.807) is 0 Å². The Morgan fingerprint density at radius 2 is 1.79 bits per heavy atom. The van der Waals surface area contributed by atoms with E-state index in [-0.39, 0.29) is 36.1 Å². The number of hydrogen-bond donors (Lipinski definition) is 0. The highest BCUT2D eigenvalue weighted by atomic mass is 16.6. The predicted octanol–water partition coefficient (Wildman–Crippen LogP) is 2.43. The topological polar surface area (TPSA) is 103 Å². The lowest BCUT2D eigenvalue weighted by Gasteiger charge is -2.21. The summed E-state index contributed by atoms with van der Waals surface area (Å²) in [4.78, 5) is 42.8. The third kappa shape index (κ3) is 3.57. The summed E-state index contributed by atoms with van der Waals surface area (Å²) in [6.07, 6.45) is 4.86. The van der Waals surface area contributed by atoms with Crippen LogP contribution in [0.3, 0.4) is 0 Å². The average molecular weight is 395 g/mol. The molecule has 0 unspecified atom stereocenters. The molecular formula is C21H21N3O5. The Bertz CT molecular complexity index is 952. The molecule has 4 rings (SSSR count). The SMILES string of the molecule is Cc1ccc(-c2noc(COC(=O)[C@@H](C)N3C(=O)[C@H]4CC=CC[C@H]4C3=O)n2)cc1. The summed E-state index contributed by atoms with van der Waals surface area (Å²) in [5.74, 6) is -1.54. The van der Waals surface area contributed by atoms with Crippen molar-refractivity contribution in [2.24, 2.45) is 11.8 Å². The quantitative estimate of drug-likeness (QED) is 0.435. The van der Waals surface area contributed by atoms with Gasteiger partial charge in [-0.3, -0.25) is 14.5 Å². The molecule has 0 radical (unpaired) electrons. The monoisotopic (exact) mass is 395 g/mol. The molecule has 0 N–H and O–H groups in total. The van der Waals surface area contributed by atoms with Crippen molar-refractivity contribution in [3.63, 3.8) is 0 Å². The first-order valence-corrected chi connectivity index (χ1v) is 9.54. The van der Waals surface area contributed by atoms with E-state index in [1.807, 2.05) is 43.3 Å². The van der Waals surface area contributed by atoms with Crippen LogP contribution >= 0.6 is 0 Å². The lowest BCUT2D eigenvalue weighted by molar-refractivity contribution is -0.159. The van der Waals surface area contributed by atoms with Gasteiger partial charge in [0.1, 0.15) is 6.04 Å². The van der Waals surface area contributed by atoms with Crippen molar-refractivity contribution < 1.29 is 23.6 Å². The Labute approximate surface area is 167 Å². The lowest BCUT2D eigenvalue weighted by atomic mass is 9.85. The van der Waals surface area contributed by atoms with Crippen molar-refractivity contribution in [2.45, 2.75) is 39.3 Å². The number of hydrogen-bond acceptors (Lipinski definition) is 7. The molecule has 1 aliphatic heterocycles. The normalized spacial score (nSPS) is 21.9. The van der Waals surface area contributed by atoms with Gasteiger partial charge < -0.3 is 9.26 Å². The molecule has 8 nitrogen and oxygen atoms in total. The van der Waals surface area contributed by atoms with Crippen LogP contribution in [0.5, 0.6) is 0 Å². The largest absolute Gasteiger partial charge is 0.454 e. The molecule has 3 atom stereocenters. The fraction of sp³-hybridized carbons (Fsp3) is 0.381. The van der Waals surface area contributed by atoms with Crippen LogP contribution in [-0.2, 0) is 25.7 Å². The van der Waals surface area contributed by atoms with Gasteiger partial charge in [0.25, 0.3) is 5.89 Å². The van der Waals surface area contributed by atoms with Crippen molar-refractivity contribution in [1.29, 1.82) is 0 Å². The Kier molecular flexibility index (Phi) is 5.00. The average Bonchev–Trinajstić information content (AvgIpc) is 3.30. The zero-order valence-corrected chi connectivity index (χ0v) is 16.2. The molecule has 1 fully saturated rings. The maximum atomic E-state index is 12.6. The Morgan fingerprint density at radius 3 is 2.41 bits per heavy atom. The van der Waals surface area contributed by atoms with Gasteiger partial charge in [0.05, 0.1) is 11.8 Å². The van der Waals surface area contributed by atoms with Gasteiger partial charge in [0, 0.05) is 5.56 Å². The molecule has 8 heteroatoms. The van der Waals surface area contributed by atoms with E-state index in [0.29, 0.717) is 18.7 Å². The second-order valence-electron chi connectivity index (χ2n) is 7.36.